The molecule has 0 bridgehead atoms. The molecule has 0 radical (unpaired) electrons. The molecule has 2 fully saturated rings. The van der Waals surface area contributed by atoms with E-state index in [2.05, 4.69) is 0 Å². The number of nitrogens with one attached hydrogen (secondary N) is 1. The first-order valence-corrected chi connectivity index (χ1v) is 4.33. The van der Waals surface area contributed by atoms with Crippen molar-refractivity contribution >= 4 is 17.8 Å². The maximum atomic E-state index is 11.2. The number of rotatable bonds is 2. The van der Waals surface area contributed by atoms with Crippen LogP contribution in [0.4, 0.5) is 4.79 Å². The second-order valence-electron chi connectivity index (χ2n) is 3.41. The van der Waals surface area contributed by atoms with Gasteiger partial charge in [0.05, 0.1) is 0 Å². The Bertz CT molecular complexity index is 300. The zero-order valence-corrected chi connectivity index (χ0v) is 7.24. The van der Waals surface area contributed by atoms with E-state index in [1.165, 1.54) is 0 Å². The molecule has 4 amide bonds. The number of carbonyl (C=O) groups excluding carboxylic acids is 3. The lowest BCUT2D eigenvalue weighted by Crippen LogP contribution is -2.34. The van der Waals surface area contributed by atoms with E-state index in [1.807, 2.05) is 12.2 Å². The second kappa shape index (κ2) is 2.55. The lowest BCUT2D eigenvalue weighted by atomic mass is 10.3. The molecule has 0 aromatic carbocycles. The molecule has 5 nitrogen and oxygen atoms in total. The third kappa shape index (κ3) is 1.11. The summed E-state index contributed by atoms with van der Waals surface area (Å²) in [4.78, 5) is 34.1. The van der Waals surface area contributed by atoms with Crippen molar-refractivity contribution in [2.75, 3.05) is 0 Å². The van der Waals surface area contributed by atoms with Gasteiger partial charge in [-0.3, -0.25) is 19.8 Å². The van der Waals surface area contributed by atoms with Gasteiger partial charge in [0.1, 0.15) is 0 Å². The first kappa shape index (κ1) is 8.22. The van der Waals surface area contributed by atoms with Gasteiger partial charge in [0.25, 0.3) is 0 Å². The van der Waals surface area contributed by atoms with Crippen LogP contribution in [0.1, 0.15) is 19.8 Å². The molecule has 0 spiro atoms. The number of carbonyl (C=O) groups is 3. The first-order valence-electron chi connectivity index (χ1n) is 4.33. The summed E-state index contributed by atoms with van der Waals surface area (Å²) in [5.74, 6) is -1.11. The fraction of sp³-hybridized carbons (Fsp3) is 0.625. The highest BCUT2D eigenvalue weighted by atomic mass is 16.2. The lowest BCUT2D eigenvalue weighted by Gasteiger charge is -2.09. The molecule has 1 aliphatic heterocycles. The van der Waals surface area contributed by atoms with E-state index in [0.717, 1.165) is 17.7 Å². The summed E-state index contributed by atoms with van der Waals surface area (Å²) in [6.07, 6.45) is 1.78. The average Bonchev–Trinajstić information content (AvgIpc) is 2.79. The Labute approximate surface area is 75.1 Å². The summed E-state index contributed by atoms with van der Waals surface area (Å²) < 4.78 is 0. The molecule has 1 N–H and O–H groups in total. The molecular weight excluding hydrogens is 172 g/mol. The predicted octanol–water partition coefficient (Wildman–Crippen LogP) is -0.137. The summed E-state index contributed by atoms with van der Waals surface area (Å²) in [5.41, 5.74) is 0. The summed E-state index contributed by atoms with van der Waals surface area (Å²) >= 11 is 0. The molecule has 1 aliphatic carbocycles. The Morgan fingerprint density at radius 3 is 2.54 bits per heavy atom. The van der Waals surface area contributed by atoms with Crippen molar-refractivity contribution in [3.8, 4) is 0 Å². The third-order valence-electron chi connectivity index (χ3n) is 2.59. The van der Waals surface area contributed by atoms with Crippen LogP contribution in [-0.2, 0) is 9.59 Å². The van der Waals surface area contributed by atoms with E-state index in [0.29, 0.717) is 5.92 Å². The largest absolute Gasteiger partial charge is 0.331 e. The van der Waals surface area contributed by atoms with Crippen LogP contribution in [-0.4, -0.2) is 28.8 Å². The highest BCUT2D eigenvalue weighted by molar-refractivity contribution is 6.45. The van der Waals surface area contributed by atoms with Gasteiger partial charge in [-0.1, -0.05) is 13.3 Å². The molecular formula is C8H10N2O3. The Morgan fingerprint density at radius 2 is 2.15 bits per heavy atom. The van der Waals surface area contributed by atoms with Crippen LogP contribution >= 0.6 is 0 Å². The number of hydrogen-bond donors (Lipinski definition) is 1. The van der Waals surface area contributed by atoms with Gasteiger partial charge in [-0.25, -0.2) is 4.79 Å². The third-order valence-corrected chi connectivity index (χ3v) is 2.59. The predicted molar refractivity (Wildman–Crippen MR) is 42.6 cm³/mol. The maximum Gasteiger partial charge on any atom is 0.331 e. The van der Waals surface area contributed by atoms with Crippen LogP contribution in [0.15, 0.2) is 0 Å². The minimum Gasteiger partial charge on any atom is -0.269 e. The van der Waals surface area contributed by atoms with E-state index in [4.69, 9.17) is 0 Å². The first-order chi connectivity index (χ1) is 6.15. The van der Waals surface area contributed by atoms with Crippen molar-refractivity contribution in [1.82, 2.24) is 10.2 Å². The molecule has 0 aromatic heterocycles. The Kier molecular flexibility index (Phi) is 1.61. The smallest absolute Gasteiger partial charge is 0.269 e. The standard InChI is InChI=1S/C8H10N2O3/c1-2-4-3-5(4)10-7(12)6(11)9-8(10)13/h4-5H,2-3H2,1H3,(H,9,11,13). The highest BCUT2D eigenvalue weighted by Gasteiger charge is 2.50. The molecule has 2 rings (SSSR count). The molecule has 5 heteroatoms. The number of nitrogens with zero attached hydrogens (tertiary/aromatic N) is 1. The second-order valence-corrected chi connectivity index (χ2v) is 3.41. The number of hydrogen-bond acceptors (Lipinski definition) is 3. The van der Waals surface area contributed by atoms with Crippen LogP contribution < -0.4 is 5.32 Å². The normalized spacial score (nSPS) is 32.4. The van der Waals surface area contributed by atoms with E-state index in [1.54, 1.807) is 0 Å². The summed E-state index contributed by atoms with van der Waals surface area (Å²) in [7, 11) is 0. The number of urea groups is 1. The van der Waals surface area contributed by atoms with Gasteiger partial charge in [-0.05, 0) is 12.3 Å². The average molecular weight is 182 g/mol. The molecule has 2 atom stereocenters. The van der Waals surface area contributed by atoms with Crippen molar-refractivity contribution in [1.29, 1.82) is 0 Å². The van der Waals surface area contributed by atoms with Crippen molar-refractivity contribution in [3.63, 3.8) is 0 Å². The Hall–Kier alpha value is -1.39. The van der Waals surface area contributed by atoms with Crippen LogP contribution in [0.2, 0.25) is 0 Å². The van der Waals surface area contributed by atoms with Crippen molar-refractivity contribution in [2.24, 2.45) is 5.92 Å². The number of amides is 4. The molecule has 2 aliphatic rings. The van der Waals surface area contributed by atoms with Crippen LogP contribution in [0.25, 0.3) is 0 Å². The zero-order valence-electron chi connectivity index (χ0n) is 7.24. The molecule has 1 heterocycles. The molecule has 2 unspecified atom stereocenters. The topological polar surface area (TPSA) is 66.5 Å². The van der Waals surface area contributed by atoms with Gasteiger partial charge in [0, 0.05) is 6.04 Å². The van der Waals surface area contributed by atoms with Crippen molar-refractivity contribution in [3.05, 3.63) is 0 Å². The van der Waals surface area contributed by atoms with Crippen molar-refractivity contribution in [2.45, 2.75) is 25.8 Å². The maximum absolute atomic E-state index is 11.2. The van der Waals surface area contributed by atoms with Gasteiger partial charge >= 0.3 is 17.8 Å². The van der Waals surface area contributed by atoms with Gasteiger partial charge in [0.2, 0.25) is 0 Å². The van der Waals surface area contributed by atoms with Crippen molar-refractivity contribution < 1.29 is 14.4 Å². The van der Waals surface area contributed by atoms with E-state index in [-0.39, 0.29) is 6.04 Å². The molecule has 1 saturated carbocycles. The number of imide groups is 2. The van der Waals surface area contributed by atoms with Gasteiger partial charge in [0.15, 0.2) is 0 Å². The molecule has 0 aromatic rings. The van der Waals surface area contributed by atoms with E-state index in [9.17, 15) is 14.4 Å². The molecule has 13 heavy (non-hydrogen) atoms. The van der Waals surface area contributed by atoms with Crippen LogP contribution in [0.5, 0.6) is 0 Å². The Morgan fingerprint density at radius 1 is 1.46 bits per heavy atom. The molecule has 70 valence electrons. The van der Waals surface area contributed by atoms with Gasteiger partial charge < -0.3 is 0 Å². The molecule has 1 saturated heterocycles. The zero-order chi connectivity index (χ0) is 9.59. The summed E-state index contributed by atoms with van der Waals surface area (Å²) in [5, 5.41) is 1.98. The summed E-state index contributed by atoms with van der Waals surface area (Å²) in [6.45, 7) is 2.00. The van der Waals surface area contributed by atoms with Crippen LogP contribution in [0.3, 0.4) is 0 Å². The SMILES string of the molecule is CCC1CC1N1C(=O)NC(=O)C1=O. The van der Waals surface area contributed by atoms with Gasteiger partial charge in [-0.2, -0.15) is 0 Å². The quantitative estimate of drug-likeness (QED) is 0.477. The highest BCUT2D eigenvalue weighted by Crippen LogP contribution is 2.39. The fourth-order valence-electron chi connectivity index (χ4n) is 1.70. The minimum absolute atomic E-state index is 0.0380. The van der Waals surface area contributed by atoms with E-state index >= 15 is 0 Å². The van der Waals surface area contributed by atoms with Crippen LogP contribution in [0, 0.1) is 5.92 Å². The summed E-state index contributed by atoms with van der Waals surface area (Å²) in [6, 6.07) is -0.597. The minimum atomic E-state index is -0.799. The van der Waals surface area contributed by atoms with E-state index < -0.39 is 17.8 Å². The Balaban J connectivity index is 2.12. The van der Waals surface area contributed by atoms with Gasteiger partial charge in [-0.15, -0.1) is 0 Å². The fourth-order valence-corrected chi connectivity index (χ4v) is 1.70. The monoisotopic (exact) mass is 182 g/mol. The lowest BCUT2D eigenvalue weighted by molar-refractivity contribution is -0.140.